The van der Waals surface area contributed by atoms with Gasteiger partial charge in [-0.05, 0) is 36.3 Å². The average Bonchev–Trinajstić information content (AvgIpc) is 3.21. The highest BCUT2D eigenvalue weighted by Crippen LogP contribution is 2.56. The van der Waals surface area contributed by atoms with Crippen molar-refractivity contribution in [1.29, 1.82) is 0 Å². The van der Waals surface area contributed by atoms with Gasteiger partial charge in [0.1, 0.15) is 5.76 Å². The topological polar surface area (TPSA) is 43.9 Å². The third kappa shape index (κ3) is 1.68. The van der Waals surface area contributed by atoms with Gasteiger partial charge in [0.05, 0.1) is 11.9 Å². The van der Waals surface area contributed by atoms with Crippen LogP contribution in [0.2, 0.25) is 0 Å². The van der Waals surface area contributed by atoms with Crippen molar-refractivity contribution < 1.29 is 4.52 Å². The van der Waals surface area contributed by atoms with Crippen LogP contribution in [0.15, 0.2) is 47.2 Å². The SMILES string of the molecule is CC1c2oncc2CC2(c3ccccc3)c3nn(C)cc3CCC12. The molecule has 1 aromatic carbocycles. The van der Waals surface area contributed by atoms with Crippen LogP contribution in [-0.2, 0) is 25.3 Å². The van der Waals surface area contributed by atoms with Crippen LogP contribution in [-0.4, -0.2) is 14.9 Å². The van der Waals surface area contributed by atoms with E-state index in [2.05, 4.69) is 48.6 Å². The molecule has 0 aliphatic heterocycles. The molecule has 24 heavy (non-hydrogen) atoms. The smallest absolute Gasteiger partial charge is 0.143 e. The van der Waals surface area contributed by atoms with Gasteiger partial charge >= 0.3 is 0 Å². The lowest BCUT2D eigenvalue weighted by Crippen LogP contribution is -2.47. The van der Waals surface area contributed by atoms with Gasteiger partial charge in [0.15, 0.2) is 0 Å². The second kappa shape index (κ2) is 4.82. The van der Waals surface area contributed by atoms with Crippen molar-refractivity contribution in [3.63, 3.8) is 0 Å². The first kappa shape index (κ1) is 14.0. The lowest BCUT2D eigenvalue weighted by Gasteiger charge is -2.48. The molecule has 0 amide bonds. The number of hydrogen-bond donors (Lipinski definition) is 0. The Labute approximate surface area is 141 Å². The van der Waals surface area contributed by atoms with E-state index in [0.717, 1.165) is 25.0 Å². The van der Waals surface area contributed by atoms with E-state index in [9.17, 15) is 0 Å². The van der Waals surface area contributed by atoms with Gasteiger partial charge in [0, 0.05) is 30.1 Å². The molecule has 0 saturated heterocycles. The minimum absolute atomic E-state index is 0.0753. The van der Waals surface area contributed by atoms with E-state index < -0.39 is 0 Å². The number of benzene rings is 1. The van der Waals surface area contributed by atoms with Gasteiger partial charge in [0.2, 0.25) is 0 Å². The molecule has 0 fully saturated rings. The number of rotatable bonds is 1. The molecule has 5 rings (SSSR count). The van der Waals surface area contributed by atoms with Gasteiger partial charge in [-0.3, -0.25) is 4.68 Å². The summed E-state index contributed by atoms with van der Waals surface area (Å²) in [6.45, 7) is 2.29. The van der Waals surface area contributed by atoms with Crippen molar-refractivity contribution >= 4 is 0 Å². The van der Waals surface area contributed by atoms with E-state index >= 15 is 0 Å². The van der Waals surface area contributed by atoms with Crippen molar-refractivity contribution in [3.8, 4) is 0 Å². The van der Waals surface area contributed by atoms with Crippen molar-refractivity contribution in [1.82, 2.24) is 14.9 Å². The minimum atomic E-state index is -0.0753. The van der Waals surface area contributed by atoms with E-state index in [1.165, 1.54) is 22.4 Å². The fourth-order valence-electron chi connectivity index (χ4n) is 5.17. The Balaban J connectivity index is 1.82. The van der Waals surface area contributed by atoms with Crippen LogP contribution >= 0.6 is 0 Å². The van der Waals surface area contributed by atoms with E-state index in [1.807, 2.05) is 17.9 Å². The minimum Gasteiger partial charge on any atom is -0.361 e. The molecule has 122 valence electrons. The predicted octanol–water partition coefficient (Wildman–Crippen LogP) is 3.62. The van der Waals surface area contributed by atoms with Gasteiger partial charge in [-0.25, -0.2) is 0 Å². The Morgan fingerprint density at radius 1 is 1.21 bits per heavy atom. The summed E-state index contributed by atoms with van der Waals surface area (Å²) in [5, 5.41) is 9.04. The zero-order valence-corrected chi connectivity index (χ0v) is 14.1. The Hall–Kier alpha value is -2.36. The Kier molecular flexibility index (Phi) is 2.82. The molecule has 2 aliphatic rings. The lowest BCUT2D eigenvalue weighted by atomic mass is 9.53. The summed E-state index contributed by atoms with van der Waals surface area (Å²) in [5.74, 6) is 1.92. The molecule has 4 nitrogen and oxygen atoms in total. The van der Waals surface area contributed by atoms with Crippen LogP contribution in [0.25, 0.3) is 0 Å². The standard InChI is InChI=1S/C20H21N3O/c1-13-17-9-8-14-12-23(2)22-19(14)20(17,16-6-4-3-5-7-16)10-15-11-21-24-18(13)15/h3-7,11-13,17H,8-10H2,1-2H3. The van der Waals surface area contributed by atoms with Crippen LogP contribution in [0.3, 0.4) is 0 Å². The fourth-order valence-corrected chi connectivity index (χ4v) is 5.17. The molecular formula is C20H21N3O. The summed E-state index contributed by atoms with van der Waals surface area (Å²) in [4.78, 5) is 0. The summed E-state index contributed by atoms with van der Waals surface area (Å²) in [7, 11) is 2.03. The Bertz CT molecular complexity index is 895. The zero-order chi connectivity index (χ0) is 16.3. The predicted molar refractivity (Wildman–Crippen MR) is 90.9 cm³/mol. The first-order chi connectivity index (χ1) is 11.7. The van der Waals surface area contributed by atoms with Gasteiger partial charge < -0.3 is 4.52 Å². The van der Waals surface area contributed by atoms with Crippen LogP contribution in [0.1, 0.15) is 47.4 Å². The van der Waals surface area contributed by atoms with Gasteiger partial charge in [-0.2, -0.15) is 5.10 Å². The highest BCUT2D eigenvalue weighted by molar-refractivity contribution is 5.48. The molecule has 0 N–H and O–H groups in total. The summed E-state index contributed by atoms with van der Waals surface area (Å²) >= 11 is 0. The quantitative estimate of drug-likeness (QED) is 0.688. The van der Waals surface area contributed by atoms with Crippen molar-refractivity contribution in [2.24, 2.45) is 13.0 Å². The summed E-state index contributed by atoms with van der Waals surface area (Å²) in [6, 6.07) is 10.9. The van der Waals surface area contributed by atoms with Gasteiger partial charge in [-0.15, -0.1) is 0 Å². The third-order valence-electron chi connectivity index (χ3n) is 6.14. The summed E-state index contributed by atoms with van der Waals surface area (Å²) in [6.07, 6.45) is 7.29. The highest BCUT2D eigenvalue weighted by atomic mass is 16.5. The second-order valence-corrected chi connectivity index (χ2v) is 7.34. The Morgan fingerprint density at radius 3 is 2.88 bits per heavy atom. The molecule has 0 radical (unpaired) electrons. The molecule has 3 atom stereocenters. The molecule has 0 spiro atoms. The maximum atomic E-state index is 5.62. The normalized spacial score (nSPS) is 28.1. The maximum Gasteiger partial charge on any atom is 0.143 e. The number of aryl methyl sites for hydroxylation is 2. The number of fused-ring (bicyclic) bond motifs is 4. The molecule has 0 bridgehead atoms. The van der Waals surface area contributed by atoms with Crippen molar-refractivity contribution in [2.45, 2.75) is 37.5 Å². The van der Waals surface area contributed by atoms with E-state index in [4.69, 9.17) is 9.62 Å². The van der Waals surface area contributed by atoms with Crippen molar-refractivity contribution in [2.75, 3.05) is 0 Å². The molecule has 2 aliphatic carbocycles. The molecule has 0 saturated carbocycles. The monoisotopic (exact) mass is 319 g/mol. The fraction of sp³-hybridized carbons (Fsp3) is 0.400. The first-order valence-corrected chi connectivity index (χ1v) is 8.72. The number of hydrogen-bond acceptors (Lipinski definition) is 3. The van der Waals surface area contributed by atoms with Crippen LogP contribution in [0, 0.1) is 5.92 Å². The van der Waals surface area contributed by atoms with E-state index in [0.29, 0.717) is 11.8 Å². The largest absolute Gasteiger partial charge is 0.361 e. The van der Waals surface area contributed by atoms with Crippen LogP contribution in [0.5, 0.6) is 0 Å². The van der Waals surface area contributed by atoms with E-state index in [1.54, 1.807) is 0 Å². The Morgan fingerprint density at radius 2 is 2.04 bits per heavy atom. The molecule has 3 unspecified atom stereocenters. The number of nitrogens with zero attached hydrogens (tertiary/aromatic N) is 3. The summed E-state index contributed by atoms with van der Waals surface area (Å²) in [5.41, 5.74) is 5.18. The molecule has 3 aromatic rings. The second-order valence-electron chi connectivity index (χ2n) is 7.34. The molecule has 2 heterocycles. The van der Waals surface area contributed by atoms with Crippen LogP contribution in [0.4, 0.5) is 0 Å². The number of aromatic nitrogens is 3. The van der Waals surface area contributed by atoms with Gasteiger partial charge in [0.25, 0.3) is 0 Å². The van der Waals surface area contributed by atoms with Gasteiger partial charge in [-0.1, -0.05) is 42.4 Å². The first-order valence-electron chi connectivity index (χ1n) is 8.72. The molecular weight excluding hydrogens is 298 g/mol. The van der Waals surface area contributed by atoms with Crippen molar-refractivity contribution in [3.05, 3.63) is 70.9 Å². The maximum absolute atomic E-state index is 5.62. The highest BCUT2D eigenvalue weighted by Gasteiger charge is 2.54. The third-order valence-corrected chi connectivity index (χ3v) is 6.14. The molecule has 4 heteroatoms. The lowest BCUT2D eigenvalue weighted by molar-refractivity contribution is 0.189. The average molecular weight is 319 g/mol. The molecule has 2 aromatic heterocycles. The zero-order valence-electron chi connectivity index (χ0n) is 14.1. The van der Waals surface area contributed by atoms with E-state index in [-0.39, 0.29) is 5.41 Å². The summed E-state index contributed by atoms with van der Waals surface area (Å²) < 4.78 is 7.59. The van der Waals surface area contributed by atoms with Crippen LogP contribution < -0.4 is 0 Å².